The standard InChI is InChI=1S/C26H26FN7O3/c1-14-30-22-20(32(14)2)8-7-19(24(22)33-13-15-11-16(33)12-28-15)31-25(35)17-9-10-29-34(26(17)36)23-18(27)5-4-6-21(23)37-3/h4-10,15-16,28H,11-13H2,1-3H3,(H,31,35)/t15-,16-/m0/s1. The Morgan fingerprint density at radius 3 is 2.78 bits per heavy atom. The van der Waals surface area contributed by atoms with Crippen LogP contribution in [0.1, 0.15) is 22.6 Å². The van der Waals surface area contributed by atoms with Crippen molar-refractivity contribution in [3.8, 4) is 11.4 Å². The van der Waals surface area contributed by atoms with E-state index < -0.39 is 17.3 Å². The van der Waals surface area contributed by atoms with Gasteiger partial charge >= 0.3 is 0 Å². The maximum absolute atomic E-state index is 14.7. The van der Waals surface area contributed by atoms with Crippen LogP contribution in [0, 0.1) is 12.7 Å². The fourth-order valence-corrected chi connectivity index (χ4v) is 5.39. The summed E-state index contributed by atoms with van der Waals surface area (Å²) >= 11 is 0. The van der Waals surface area contributed by atoms with E-state index in [-0.39, 0.29) is 17.0 Å². The molecule has 37 heavy (non-hydrogen) atoms. The van der Waals surface area contributed by atoms with Crippen LogP contribution in [-0.2, 0) is 7.05 Å². The number of hydrogen-bond donors (Lipinski definition) is 2. The van der Waals surface area contributed by atoms with Crippen LogP contribution in [0.15, 0.2) is 47.4 Å². The highest BCUT2D eigenvalue weighted by molar-refractivity contribution is 6.09. The molecule has 190 valence electrons. The van der Waals surface area contributed by atoms with Crippen molar-refractivity contribution >= 4 is 28.3 Å². The molecule has 0 saturated carbocycles. The van der Waals surface area contributed by atoms with Gasteiger partial charge in [0.2, 0.25) is 0 Å². The van der Waals surface area contributed by atoms with E-state index in [9.17, 15) is 14.0 Å². The van der Waals surface area contributed by atoms with Crippen molar-refractivity contribution in [3.63, 3.8) is 0 Å². The highest BCUT2D eigenvalue weighted by atomic mass is 19.1. The lowest BCUT2D eigenvalue weighted by molar-refractivity contribution is 0.102. The first kappa shape index (κ1) is 23.2. The van der Waals surface area contributed by atoms with E-state index >= 15 is 0 Å². The van der Waals surface area contributed by atoms with Crippen molar-refractivity contribution < 1.29 is 13.9 Å². The van der Waals surface area contributed by atoms with Crippen molar-refractivity contribution in [1.29, 1.82) is 0 Å². The van der Waals surface area contributed by atoms with E-state index in [4.69, 9.17) is 9.72 Å². The number of para-hydroxylation sites is 1. The predicted octanol–water partition coefficient (Wildman–Crippen LogP) is 2.38. The molecule has 2 saturated heterocycles. The summed E-state index contributed by atoms with van der Waals surface area (Å²) in [5.74, 6) is -0.323. The second-order valence-corrected chi connectivity index (χ2v) is 9.40. The molecule has 6 rings (SSSR count). The molecule has 2 aliphatic rings. The normalized spacial score (nSPS) is 18.5. The Morgan fingerprint density at radius 1 is 1.22 bits per heavy atom. The molecular formula is C26H26FN7O3. The molecule has 2 fully saturated rings. The van der Waals surface area contributed by atoms with Crippen molar-refractivity contribution in [2.24, 2.45) is 7.05 Å². The number of nitrogens with zero attached hydrogens (tertiary/aromatic N) is 5. The Hall–Kier alpha value is -4.25. The summed E-state index contributed by atoms with van der Waals surface area (Å²) in [5.41, 5.74) is 2.07. The summed E-state index contributed by atoms with van der Waals surface area (Å²) in [6, 6.07) is 9.95. The number of halogens is 1. The highest BCUT2D eigenvalue weighted by Gasteiger charge is 2.39. The molecule has 4 aromatic rings. The Bertz CT molecular complexity index is 1610. The number of carbonyl (C=O) groups excluding carboxylic acids is 1. The molecule has 2 N–H and O–H groups in total. The van der Waals surface area contributed by atoms with Crippen molar-refractivity contribution in [1.82, 2.24) is 24.6 Å². The van der Waals surface area contributed by atoms with Gasteiger partial charge in [0.1, 0.15) is 28.3 Å². The number of hydrogen-bond acceptors (Lipinski definition) is 7. The van der Waals surface area contributed by atoms with Crippen LogP contribution in [0.5, 0.6) is 5.75 Å². The van der Waals surface area contributed by atoms with Gasteiger partial charge in [-0.2, -0.15) is 9.78 Å². The molecule has 0 spiro atoms. The van der Waals surface area contributed by atoms with Gasteiger partial charge in [0.25, 0.3) is 11.5 Å². The summed E-state index contributed by atoms with van der Waals surface area (Å²) in [4.78, 5) is 33.9. The van der Waals surface area contributed by atoms with E-state index in [2.05, 4.69) is 20.6 Å². The number of ether oxygens (including phenoxy) is 1. The maximum atomic E-state index is 14.7. The lowest BCUT2D eigenvalue weighted by atomic mass is 10.1. The average Bonchev–Trinajstić information content (AvgIpc) is 3.59. The number of imidazole rings is 1. The van der Waals surface area contributed by atoms with Gasteiger partial charge in [0.05, 0.1) is 24.0 Å². The number of aromatic nitrogens is 4. The molecule has 0 radical (unpaired) electrons. The SMILES string of the molecule is COc1cccc(F)c1-n1nccc(C(=O)Nc2ccc3c(nc(C)n3C)c2N2C[C@@H]3C[C@H]2CN3)c1=O. The average molecular weight is 504 g/mol. The number of fused-ring (bicyclic) bond motifs is 3. The third-order valence-corrected chi connectivity index (χ3v) is 7.31. The van der Waals surface area contributed by atoms with Gasteiger partial charge in [0, 0.05) is 38.4 Å². The van der Waals surface area contributed by atoms with Crippen LogP contribution in [-0.4, -0.2) is 57.5 Å². The highest BCUT2D eigenvalue weighted by Crippen LogP contribution is 2.40. The van der Waals surface area contributed by atoms with Gasteiger partial charge in [-0.25, -0.2) is 9.37 Å². The molecule has 0 unspecified atom stereocenters. The van der Waals surface area contributed by atoms with Crippen LogP contribution >= 0.6 is 0 Å². The van der Waals surface area contributed by atoms with E-state index in [1.807, 2.05) is 30.7 Å². The van der Waals surface area contributed by atoms with Crippen molar-refractivity contribution in [3.05, 3.63) is 70.2 Å². The third kappa shape index (κ3) is 3.65. The summed E-state index contributed by atoms with van der Waals surface area (Å²) in [6.45, 7) is 3.60. The number of piperazine rings is 1. The summed E-state index contributed by atoms with van der Waals surface area (Å²) in [7, 11) is 3.33. The Kier molecular flexibility index (Phi) is 5.45. The fraction of sp³-hybridized carbons (Fsp3) is 0.308. The second-order valence-electron chi connectivity index (χ2n) is 9.40. The van der Waals surface area contributed by atoms with Crippen LogP contribution in [0.3, 0.4) is 0 Å². The van der Waals surface area contributed by atoms with Gasteiger partial charge in [0.15, 0.2) is 5.82 Å². The Labute approximate surface area is 211 Å². The van der Waals surface area contributed by atoms with Crippen molar-refractivity contribution in [2.45, 2.75) is 25.4 Å². The van der Waals surface area contributed by atoms with Gasteiger partial charge in [-0.1, -0.05) is 6.07 Å². The maximum Gasteiger partial charge on any atom is 0.284 e. The van der Waals surface area contributed by atoms with E-state index in [1.54, 1.807) is 0 Å². The largest absolute Gasteiger partial charge is 0.494 e. The number of anilines is 2. The number of nitrogens with one attached hydrogen (secondary N) is 2. The number of carbonyl (C=O) groups is 1. The van der Waals surface area contributed by atoms with E-state index in [0.717, 1.165) is 46.7 Å². The van der Waals surface area contributed by atoms with Crippen molar-refractivity contribution in [2.75, 3.05) is 30.4 Å². The lowest BCUT2D eigenvalue weighted by Crippen LogP contribution is -2.44. The number of benzene rings is 2. The molecule has 4 heterocycles. The van der Waals surface area contributed by atoms with Gasteiger partial charge in [-0.3, -0.25) is 9.59 Å². The van der Waals surface area contributed by atoms with Crippen LogP contribution in [0.2, 0.25) is 0 Å². The minimum Gasteiger partial charge on any atom is -0.494 e. The molecule has 10 nitrogen and oxygen atoms in total. The quantitative estimate of drug-likeness (QED) is 0.431. The van der Waals surface area contributed by atoms with Crippen LogP contribution < -0.4 is 25.8 Å². The predicted molar refractivity (Wildman–Crippen MR) is 137 cm³/mol. The van der Waals surface area contributed by atoms with Gasteiger partial charge in [-0.15, -0.1) is 0 Å². The zero-order valence-corrected chi connectivity index (χ0v) is 20.7. The van der Waals surface area contributed by atoms with E-state index in [0.29, 0.717) is 17.8 Å². The Balaban J connectivity index is 1.42. The number of rotatable bonds is 5. The number of methoxy groups -OCH3 is 1. The minimum absolute atomic E-state index is 0.128. The van der Waals surface area contributed by atoms with E-state index in [1.165, 1.54) is 37.6 Å². The zero-order valence-electron chi connectivity index (χ0n) is 20.7. The third-order valence-electron chi connectivity index (χ3n) is 7.31. The number of amides is 1. The summed E-state index contributed by atoms with van der Waals surface area (Å²) in [6.07, 6.45) is 2.31. The van der Waals surface area contributed by atoms with Gasteiger partial charge in [-0.05, 0) is 43.7 Å². The first-order valence-electron chi connectivity index (χ1n) is 12.1. The molecule has 2 aromatic heterocycles. The summed E-state index contributed by atoms with van der Waals surface area (Å²) < 4.78 is 22.7. The molecule has 1 amide bonds. The molecular weight excluding hydrogens is 477 g/mol. The molecule has 11 heteroatoms. The molecule has 2 atom stereocenters. The second kappa shape index (κ2) is 8.70. The van der Waals surface area contributed by atoms with Gasteiger partial charge < -0.3 is 24.8 Å². The molecule has 2 aliphatic heterocycles. The molecule has 0 aliphatic carbocycles. The smallest absolute Gasteiger partial charge is 0.284 e. The monoisotopic (exact) mass is 503 g/mol. The summed E-state index contributed by atoms with van der Waals surface area (Å²) in [5, 5.41) is 10.4. The van der Waals surface area contributed by atoms with Crippen LogP contribution in [0.4, 0.5) is 15.8 Å². The fourth-order valence-electron chi connectivity index (χ4n) is 5.39. The molecule has 2 bridgehead atoms. The first-order valence-corrected chi connectivity index (χ1v) is 12.1. The minimum atomic E-state index is -0.760. The lowest BCUT2D eigenvalue weighted by Gasteiger charge is -2.31. The Morgan fingerprint density at radius 2 is 2.05 bits per heavy atom. The molecule has 2 aromatic carbocycles. The first-order chi connectivity index (χ1) is 17.9. The zero-order chi connectivity index (χ0) is 25.8. The number of aryl methyl sites for hydroxylation is 2. The topological polar surface area (TPSA) is 106 Å². The van der Waals surface area contributed by atoms with Crippen LogP contribution in [0.25, 0.3) is 16.7 Å².